The van der Waals surface area contributed by atoms with E-state index in [4.69, 9.17) is 4.74 Å². The number of hydrogen-bond donors (Lipinski definition) is 2. The molecule has 0 saturated carbocycles. The van der Waals surface area contributed by atoms with E-state index in [1.54, 1.807) is 31.8 Å². The van der Waals surface area contributed by atoms with Crippen LogP contribution in [-0.2, 0) is 5.60 Å². The first-order valence-corrected chi connectivity index (χ1v) is 8.12. The number of nitrogens with one attached hydrogen (secondary N) is 1. The van der Waals surface area contributed by atoms with Gasteiger partial charge in [0.05, 0.1) is 25.3 Å². The largest absolute Gasteiger partial charge is 0.496 e. The van der Waals surface area contributed by atoms with Crippen molar-refractivity contribution in [1.29, 1.82) is 0 Å². The van der Waals surface area contributed by atoms with Crippen molar-refractivity contribution in [2.24, 2.45) is 5.92 Å². The normalized spacial score (nSPS) is 13.7. The number of halogens is 1. The first-order chi connectivity index (χ1) is 12.0. The summed E-state index contributed by atoms with van der Waals surface area (Å²) in [4.78, 5) is 7.05. The molecule has 0 amide bonds. The molecule has 4 nitrogen and oxygen atoms in total. The summed E-state index contributed by atoms with van der Waals surface area (Å²) in [5.74, 6) is 0.267. The van der Waals surface area contributed by atoms with Crippen molar-refractivity contribution in [2.75, 3.05) is 7.11 Å². The fourth-order valence-electron chi connectivity index (χ4n) is 3.06. The smallest absolute Gasteiger partial charge is 0.133 e. The maximum atomic E-state index is 13.3. The number of rotatable bonds is 5. The summed E-state index contributed by atoms with van der Waals surface area (Å²) < 4.78 is 18.7. The van der Waals surface area contributed by atoms with Crippen molar-refractivity contribution in [3.05, 3.63) is 72.1 Å². The molecule has 0 spiro atoms. The van der Waals surface area contributed by atoms with Gasteiger partial charge in [0, 0.05) is 5.56 Å². The molecular formula is C20H21FN2O2. The topological polar surface area (TPSA) is 58.1 Å². The lowest BCUT2D eigenvalue weighted by atomic mass is 9.80. The Hall–Kier alpha value is -2.66. The molecule has 0 bridgehead atoms. The number of hydrogen-bond acceptors (Lipinski definition) is 3. The minimum Gasteiger partial charge on any atom is -0.496 e. The third kappa shape index (κ3) is 3.03. The number of benzene rings is 2. The third-order valence-electron chi connectivity index (χ3n) is 4.54. The van der Waals surface area contributed by atoms with Gasteiger partial charge in [-0.1, -0.05) is 32.0 Å². The summed E-state index contributed by atoms with van der Waals surface area (Å²) in [6.45, 7) is 3.89. The molecule has 1 atom stereocenters. The lowest BCUT2D eigenvalue weighted by molar-refractivity contribution is 0.0279. The number of ether oxygens (including phenoxy) is 1. The van der Waals surface area contributed by atoms with Crippen molar-refractivity contribution < 1.29 is 14.2 Å². The van der Waals surface area contributed by atoms with Gasteiger partial charge < -0.3 is 14.8 Å². The summed E-state index contributed by atoms with van der Waals surface area (Å²) in [6.07, 6.45) is 3.18. The molecule has 1 aromatic heterocycles. The van der Waals surface area contributed by atoms with E-state index in [1.807, 2.05) is 32.0 Å². The van der Waals surface area contributed by atoms with E-state index in [9.17, 15) is 9.50 Å². The van der Waals surface area contributed by atoms with Gasteiger partial charge in [0.25, 0.3) is 0 Å². The zero-order valence-electron chi connectivity index (χ0n) is 14.5. The average Bonchev–Trinajstić information content (AvgIpc) is 3.16. The average molecular weight is 340 g/mol. The molecule has 2 N–H and O–H groups in total. The predicted molar refractivity (Wildman–Crippen MR) is 94.8 cm³/mol. The fraction of sp³-hybridized carbons (Fsp3) is 0.250. The number of methoxy groups -OCH3 is 1. The molecular weight excluding hydrogens is 319 g/mol. The molecule has 2 aromatic carbocycles. The van der Waals surface area contributed by atoms with Crippen LogP contribution >= 0.6 is 0 Å². The Labute approximate surface area is 146 Å². The molecule has 0 saturated heterocycles. The Bertz CT molecular complexity index is 845. The maximum absolute atomic E-state index is 13.3. The highest BCUT2D eigenvalue weighted by molar-refractivity contribution is 5.71. The van der Waals surface area contributed by atoms with E-state index in [1.165, 1.54) is 12.1 Å². The van der Waals surface area contributed by atoms with Gasteiger partial charge in [0.1, 0.15) is 17.2 Å². The molecule has 130 valence electrons. The van der Waals surface area contributed by atoms with E-state index in [2.05, 4.69) is 9.97 Å². The van der Waals surface area contributed by atoms with Crippen LogP contribution in [0.2, 0.25) is 0 Å². The number of aromatic nitrogens is 2. The monoisotopic (exact) mass is 340 g/mol. The van der Waals surface area contributed by atoms with Gasteiger partial charge in [0.15, 0.2) is 0 Å². The minimum absolute atomic E-state index is 0.0950. The van der Waals surface area contributed by atoms with Crippen molar-refractivity contribution in [3.8, 4) is 16.9 Å². The predicted octanol–water partition coefficient (Wildman–Crippen LogP) is 4.12. The van der Waals surface area contributed by atoms with Crippen LogP contribution in [0.5, 0.6) is 5.75 Å². The molecule has 0 aliphatic carbocycles. The Morgan fingerprint density at radius 1 is 1.16 bits per heavy atom. The summed E-state index contributed by atoms with van der Waals surface area (Å²) in [7, 11) is 1.59. The van der Waals surface area contributed by atoms with Gasteiger partial charge >= 0.3 is 0 Å². The number of aliphatic hydroxyl groups is 1. The molecule has 5 heteroatoms. The Balaban J connectivity index is 2.17. The fourth-order valence-corrected chi connectivity index (χ4v) is 3.06. The van der Waals surface area contributed by atoms with Crippen molar-refractivity contribution in [3.63, 3.8) is 0 Å². The molecule has 0 fully saturated rings. The van der Waals surface area contributed by atoms with Crippen LogP contribution in [0, 0.1) is 11.7 Å². The van der Waals surface area contributed by atoms with Gasteiger partial charge in [-0.3, -0.25) is 0 Å². The first-order valence-electron chi connectivity index (χ1n) is 8.12. The van der Waals surface area contributed by atoms with E-state index in [0.717, 1.165) is 11.1 Å². The maximum Gasteiger partial charge on any atom is 0.133 e. The highest BCUT2D eigenvalue weighted by atomic mass is 19.1. The van der Waals surface area contributed by atoms with E-state index in [0.29, 0.717) is 17.0 Å². The summed E-state index contributed by atoms with van der Waals surface area (Å²) in [6, 6.07) is 11.7. The van der Waals surface area contributed by atoms with Crippen LogP contribution in [0.4, 0.5) is 4.39 Å². The van der Waals surface area contributed by atoms with Crippen LogP contribution in [0.3, 0.4) is 0 Å². The molecule has 0 radical (unpaired) electrons. The second-order valence-corrected chi connectivity index (χ2v) is 6.31. The second-order valence-electron chi connectivity index (χ2n) is 6.31. The number of aromatic amines is 1. The first kappa shape index (κ1) is 17.2. The molecule has 3 aromatic rings. The quantitative estimate of drug-likeness (QED) is 0.735. The molecule has 0 aliphatic heterocycles. The van der Waals surface area contributed by atoms with Crippen molar-refractivity contribution in [2.45, 2.75) is 19.4 Å². The standard InChI is InChI=1S/C20H21FN2O2/c1-13(2)20(24,19-11-22-12-23-19)15-6-9-18(25-3)17(10-15)14-4-7-16(21)8-5-14/h4-13,24H,1-3H3,(H,22,23). The number of nitrogens with zero attached hydrogens (tertiary/aromatic N) is 1. The van der Waals surface area contributed by atoms with Crippen LogP contribution in [0.25, 0.3) is 11.1 Å². The number of imidazole rings is 1. The Morgan fingerprint density at radius 3 is 2.44 bits per heavy atom. The second kappa shape index (κ2) is 6.69. The molecule has 1 heterocycles. The highest BCUT2D eigenvalue weighted by Crippen LogP contribution is 2.40. The third-order valence-corrected chi connectivity index (χ3v) is 4.54. The lowest BCUT2D eigenvalue weighted by Crippen LogP contribution is -2.33. The molecule has 1 unspecified atom stereocenters. The SMILES string of the molecule is COc1ccc(C(O)(c2cnc[nH]2)C(C)C)cc1-c1ccc(F)cc1. The van der Waals surface area contributed by atoms with Gasteiger partial charge in [-0.05, 0) is 41.3 Å². The summed E-state index contributed by atoms with van der Waals surface area (Å²) in [5.41, 5.74) is 1.72. The van der Waals surface area contributed by atoms with Crippen LogP contribution in [0.1, 0.15) is 25.1 Å². The highest BCUT2D eigenvalue weighted by Gasteiger charge is 2.37. The van der Waals surface area contributed by atoms with E-state index in [-0.39, 0.29) is 11.7 Å². The van der Waals surface area contributed by atoms with Crippen LogP contribution < -0.4 is 4.74 Å². The van der Waals surface area contributed by atoms with Gasteiger partial charge in [-0.2, -0.15) is 0 Å². The summed E-state index contributed by atoms with van der Waals surface area (Å²) >= 11 is 0. The zero-order valence-corrected chi connectivity index (χ0v) is 14.5. The van der Waals surface area contributed by atoms with E-state index < -0.39 is 5.60 Å². The van der Waals surface area contributed by atoms with E-state index >= 15 is 0 Å². The lowest BCUT2D eigenvalue weighted by Gasteiger charge is -2.32. The van der Waals surface area contributed by atoms with Crippen molar-refractivity contribution in [1.82, 2.24) is 9.97 Å². The van der Waals surface area contributed by atoms with Crippen LogP contribution in [0.15, 0.2) is 55.0 Å². The zero-order chi connectivity index (χ0) is 18.0. The summed E-state index contributed by atoms with van der Waals surface area (Å²) in [5, 5.41) is 11.4. The van der Waals surface area contributed by atoms with Crippen molar-refractivity contribution >= 4 is 0 Å². The molecule has 25 heavy (non-hydrogen) atoms. The Kier molecular flexibility index (Phi) is 4.59. The van der Waals surface area contributed by atoms with Gasteiger partial charge in [0.2, 0.25) is 0 Å². The number of H-pyrrole nitrogens is 1. The van der Waals surface area contributed by atoms with Gasteiger partial charge in [-0.25, -0.2) is 9.37 Å². The van der Waals surface area contributed by atoms with Crippen LogP contribution in [-0.4, -0.2) is 22.2 Å². The van der Waals surface area contributed by atoms with Gasteiger partial charge in [-0.15, -0.1) is 0 Å². The Morgan fingerprint density at radius 2 is 1.88 bits per heavy atom. The molecule has 0 aliphatic rings. The minimum atomic E-state index is -1.22. The molecule has 3 rings (SSSR count).